The topological polar surface area (TPSA) is 45.2 Å². The number of nitrogens with zero attached hydrogens (tertiary/aromatic N) is 2. The molecule has 1 aromatic carbocycles. The molecule has 33 heavy (non-hydrogen) atoms. The molecule has 0 saturated carbocycles. The van der Waals surface area contributed by atoms with Crippen molar-refractivity contribution in [1.29, 1.82) is 0 Å². The van der Waals surface area contributed by atoms with Gasteiger partial charge >= 0.3 is 6.18 Å². The molecule has 4 rings (SSSR count). The molecular weight excluding hydrogens is 461 g/mol. The number of carbonyl (C=O) groups excluding carboxylic acids is 1. The van der Waals surface area contributed by atoms with Gasteiger partial charge in [-0.25, -0.2) is 8.78 Å². The maximum Gasteiger partial charge on any atom is 0.414 e. The van der Waals surface area contributed by atoms with Gasteiger partial charge in [-0.1, -0.05) is 0 Å². The van der Waals surface area contributed by atoms with Gasteiger partial charge in [0, 0.05) is 19.0 Å². The SMILES string of the molecule is CN(C(=O)C1CCSCC1)[C@@H](c1ccc(NC2Cc3cc(F)c(F)cc3C2)cn1)C(F)(F)F. The standard InChI is InChI=1S/C23H24F5N3OS/c1-31(22(32)13-4-6-33-7-5-13)21(23(26,27)28)20-3-2-16(12-29-20)30-17-8-14-10-18(24)19(25)11-15(14)9-17/h2-3,10-13,17,21,30H,4-9H2,1H3/t21-/m0/s1. The van der Waals surface area contributed by atoms with Crippen LogP contribution in [0.3, 0.4) is 0 Å². The largest absolute Gasteiger partial charge is 0.414 e. The van der Waals surface area contributed by atoms with E-state index in [-0.39, 0.29) is 11.7 Å². The first-order valence-electron chi connectivity index (χ1n) is 10.7. The van der Waals surface area contributed by atoms with Crippen molar-refractivity contribution in [3.63, 3.8) is 0 Å². The van der Waals surface area contributed by atoms with Crippen LogP contribution in [0.15, 0.2) is 30.5 Å². The zero-order chi connectivity index (χ0) is 23.8. The fourth-order valence-corrected chi connectivity index (χ4v) is 5.65. The quantitative estimate of drug-likeness (QED) is 0.596. The lowest BCUT2D eigenvalue weighted by atomic mass is 9.99. The number of anilines is 1. The van der Waals surface area contributed by atoms with E-state index in [4.69, 9.17) is 0 Å². The summed E-state index contributed by atoms with van der Waals surface area (Å²) in [6.45, 7) is 0. The predicted octanol–water partition coefficient (Wildman–Crippen LogP) is 5.14. The second kappa shape index (κ2) is 9.48. The monoisotopic (exact) mass is 485 g/mol. The number of hydrogen-bond donors (Lipinski definition) is 1. The van der Waals surface area contributed by atoms with E-state index < -0.39 is 35.7 Å². The highest BCUT2D eigenvalue weighted by Gasteiger charge is 2.47. The molecule has 1 aromatic heterocycles. The molecule has 0 bridgehead atoms. The van der Waals surface area contributed by atoms with E-state index in [0.29, 0.717) is 42.5 Å². The number of carbonyl (C=O) groups is 1. The van der Waals surface area contributed by atoms with Crippen molar-refractivity contribution in [2.75, 3.05) is 23.9 Å². The molecule has 1 aliphatic carbocycles. The summed E-state index contributed by atoms with van der Waals surface area (Å²) >= 11 is 1.70. The first-order chi connectivity index (χ1) is 15.6. The Balaban J connectivity index is 1.46. The first kappa shape index (κ1) is 23.8. The Bertz CT molecular complexity index is 977. The average Bonchev–Trinajstić information content (AvgIpc) is 3.15. The normalized spacial score (nSPS) is 18.1. The van der Waals surface area contributed by atoms with Gasteiger partial charge in [-0.2, -0.15) is 24.9 Å². The molecule has 2 aliphatic rings. The van der Waals surface area contributed by atoms with Crippen LogP contribution < -0.4 is 5.32 Å². The van der Waals surface area contributed by atoms with Gasteiger partial charge in [-0.05, 0) is 72.6 Å². The molecule has 1 aliphatic heterocycles. The Morgan fingerprint density at radius 3 is 2.24 bits per heavy atom. The smallest absolute Gasteiger partial charge is 0.380 e. The molecule has 0 unspecified atom stereocenters. The highest BCUT2D eigenvalue weighted by atomic mass is 32.2. The van der Waals surface area contributed by atoms with Crippen molar-refractivity contribution in [2.24, 2.45) is 5.92 Å². The van der Waals surface area contributed by atoms with Gasteiger partial charge in [0.25, 0.3) is 0 Å². The lowest BCUT2D eigenvalue weighted by Crippen LogP contribution is -2.43. The summed E-state index contributed by atoms with van der Waals surface area (Å²) < 4.78 is 68.7. The van der Waals surface area contributed by atoms with Crippen LogP contribution in [0.4, 0.5) is 27.6 Å². The molecule has 2 heterocycles. The van der Waals surface area contributed by atoms with Crippen molar-refractivity contribution >= 4 is 23.4 Å². The van der Waals surface area contributed by atoms with E-state index in [0.717, 1.165) is 16.4 Å². The van der Waals surface area contributed by atoms with Crippen LogP contribution in [0.2, 0.25) is 0 Å². The second-order valence-electron chi connectivity index (χ2n) is 8.54. The minimum Gasteiger partial charge on any atom is -0.380 e. The summed E-state index contributed by atoms with van der Waals surface area (Å²) in [6, 6.07) is 2.83. The van der Waals surface area contributed by atoms with Crippen molar-refractivity contribution in [3.8, 4) is 0 Å². The van der Waals surface area contributed by atoms with Gasteiger partial charge < -0.3 is 10.2 Å². The van der Waals surface area contributed by atoms with Crippen LogP contribution in [-0.2, 0) is 17.6 Å². The van der Waals surface area contributed by atoms with E-state index in [2.05, 4.69) is 10.3 Å². The summed E-state index contributed by atoms with van der Waals surface area (Å²) in [5.74, 6) is -1.17. The lowest BCUT2D eigenvalue weighted by molar-refractivity contribution is -0.191. The molecule has 0 radical (unpaired) electrons. The fourth-order valence-electron chi connectivity index (χ4n) is 4.55. The minimum atomic E-state index is -4.67. The molecule has 0 spiro atoms. The number of halogens is 5. The summed E-state index contributed by atoms with van der Waals surface area (Å²) in [7, 11) is 1.18. The van der Waals surface area contributed by atoms with Gasteiger partial charge in [0.2, 0.25) is 5.91 Å². The van der Waals surface area contributed by atoms with Crippen molar-refractivity contribution in [2.45, 2.75) is 43.9 Å². The lowest BCUT2D eigenvalue weighted by Gasteiger charge is -2.33. The first-order valence-corrected chi connectivity index (χ1v) is 11.9. The third-order valence-electron chi connectivity index (χ3n) is 6.23. The third kappa shape index (κ3) is 5.26. The van der Waals surface area contributed by atoms with E-state index in [1.165, 1.54) is 37.5 Å². The van der Waals surface area contributed by atoms with Gasteiger partial charge in [-0.15, -0.1) is 0 Å². The highest BCUT2D eigenvalue weighted by molar-refractivity contribution is 7.99. The summed E-state index contributed by atoms with van der Waals surface area (Å²) in [6.07, 6.45) is -1.28. The minimum absolute atomic E-state index is 0.152. The van der Waals surface area contributed by atoms with E-state index >= 15 is 0 Å². The summed E-state index contributed by atoms with van der Waals surface area (Å²) in [4.78, 5) is 17.5. The molecule has 178 valence electrons. The number of amides is 1. The maximum absolute atomic E-state index is 13.9. The number of alkyl halides is 3. The molecule has 1 amide bonds. The van der Waals surface area contributed by atoms with Crippen LogP contribution in [0.1, 0.15) is 35.7 Å². The van der Waals surface area contributed by atoms with E-state index in [1.54, 1.807) is 11.8 Å². The number of thioether (sulfide) groups is 1. The third-order valence-corrected chi connectivity index (χ3v) is 7.28. The Morgan fingerprint density at radius 2 is 1.73 bits per heavy atom. The van der Waals surface area contributed by atoms with Gasteiger partial charge in [0.1, 0.15) is 0 Å². The number of pyridine rings is 1. The maximum atomic E-state index is 13.9. The number of nitrogens with one attached hydrogen (secondary N) is 1. The van der Waals surface area contributed by atoms with E-state index in [1.807, 2.05) is 0 Å². The number of benzene rings is 1. The van der Waals surface area contributed by atoms with Crippen LogP contribution in [0.25, 0.3) is 0 Å². The summed E-state index contributed by atoms with van der Waals surface area (Å²) in [5, 5.41) is 3.16. The molecular formula is C23H24F5N3OS. The fraction of sp³-hybridized carbons (Fsp3) is 0.478. The molecule has 1 atom stereocenters. The molecule has 1 fully saturated rings. The highest BCUT2D eigenvalue weighted by Crippen LogP contribution is 2.38. The second-order valence-corrected chi connectivity index (χ2v) is 9.76. The summed E-state index contributed by atoms with van der Waals surface area (Å²) in [5.41, 5.74) is 1.65. The average molecular weight is 486 g/mol. The Labute approximate surface area is 192 Å². The molecule has 2 aromatic rings. The van der Waals surface area contributed by atoms with Crippen molar-refractivity contribution in [3.05, 3.63) is 58.9 Å². The Hall–Kier alpha value is -2.36. The Kier molecular flexibility index (Phi) is 6.83. The Morgan fingerprint density at radius 1 is 1.12 bits per heavy atom. The van der Waals surface area contributed by atoms with Crippen molar-refractivity contribution in [1.82, 2.24) is 9.88 Å². The van der Waals surface area contributed by atoms with E-state index in [9.17, 15) is 26.7 Å². The number of fused-ring (bicyclic) bond motifs is 1. The van der Waals surface area contributed by atoms with Gasteiger partial charge in [0.15, 0.2) is 17.7 Å². The van der Waals surface area contributed by atoms with Gasteiger partial charge in [0.05, 0.1) is 17.6 Å². The molecule has 1 saturated heterocycles. The van der Waals surface area contributed by atoms with Gasteiger partial charge in [-0.3, -0.25) is 9.78 Å². The number of aromatic nitrogens is 1. The number of rotatable bonds is 5. The zero-order valence-electron chi connectivity index (χ0n) is 18.0. The number of hydrogen-bond acceptors (Lipinski definition) is 4. The zero-order valence-corrected chi connectivity index (χ0v) is 18.8. The predicted molar refractivity (Wildman–Crippen MR) is 117 cm³/mol. The van der Waals surface area contributed by atoms with Crippen LogP contribution >= 0.6 is 11.8 Å². The van der Waals surface area contributed by atoms with Crippen LogP contribution in [0.5, 0.6) is 0 Å². The molecule has 1 N–H and O–H groups in total. The molecule has 10 heteroatoms. The van der Waals surface area contributed by atoms with Crippen molar-refractivity contribution < 1.29 is 26.7 Å². The van der Waals surface area contributed by atoms with Crippen LogP contribution in [-0.4, -0.2) is 46.6 Å². The molecule has 4 nitrogen and oxygen atoms in total. The van der Waals surface area contributed by atoms with Crippen LogP contribution in [0, 0.1) is 17.6 Å².